The molecule has 2 N–H and O–H groups in total. The molecule has 1 saturated heterocycles. The molecule has 5 nitrogen and oxygen atoms in total. The monoisotopic (exact) mass is 464 g/mol. The zero-order valence-electron chi connectivity index (χ0n) is 15.1. The van der Waals surface area contributed by atoms with Gasteiger partial charge in [-0.05, 0) is 38.3 Å². The molecule has 2 rings (SSSR count). The highest BCUT2D eigenvalue weighted by Gasteiger charge is 2.14. The van der Waals surface area contributed by atoms with Crippen LogP contribution in [-0.2, 0) is 4.74 Å². The summed E-state index contributed by atoms with van der Waals surface area (Å²) in [5.74, 6) is 0.640. The molecule has 1 atom stereocenters. The molecular formula is C18H30FIN4O. The topological polar surface area (TPSA) is 48.9 Å². The van der Waals surface area contributed by atoms with Gasteiger partial charge in [0.05, 0.1) is 18.3 Å². The van der Waals surface area contributed by atoms with Crippen LogP contribution in [0.4, 0.5) is 10.1 Å². The predicted octanol–water partition coefficient (Wildman–Crippen LogP) is 3.00. The Morgan fingerprint density at radius 1 is 1.36 bits per heavy atom. The summed E-state index contributed by atoms with van der Waals surface area (Å²) in [5.41, 5.74) is 0.636. The van der Waals surface area contributed by atoms with E-state index in [-0.39, 0.29) is 35.9 Å². The van der Waals surface area contributed by atoms with Crippen molar-refractivity contribution in [3.63, 3.8) is 0 Å². The van der Waals surface area contributed by atoms with E-state index in [2.05, 4.69) is 22.5 Å². The minimum absolute atomic E-state index is 0. The highest BCUT2D eigenvalue weighted by Crippen LogP contribution is 2.16. The van der Waals surface area contributed by atoms with Gasteiger partial charge in [-0.15, -0.1) is 24.0 Å². The van der Waals surface area contributed by atoms with Crippen LogP contribution in [-0.4, -0.2) is 51.9 Å². The molecule has 142 valence electrons. The van der Waals surface area contributed by atoms with Crippen molar-refractivity contribution < 1.29 is 9.13 Å². The first-order valence-corrected chi connectivity index (χ1v) is 8.80. The second-order valence-corrected chi connectivity index (χ2v) is 6.01. The van der Waals surface area contributed by atoms with E-state index in [0.29, 0.717) is 12.2 Å². The molecule has 1 fully saturated rings. The van der Waals surface area contributed by atoms with Crippen LogP contribution >= 0.6 is 24.0 Å². The van der Waals surface area contributed by atoms with Crippen LogP contribution in [0, 0.1) is 5.82 Å². The summed E-state index contributed by atoms with van der Waals surface area (Å²) < 4.78 is 19.3. The molecule has 0 saturated carbocycles. The average Bonchev–Trinajstić information content (AvgIpc) is 3.10. The molecule has 1 aromatic carbocycles. The number of benzene rings is 1. The number of ether oxygens (including phenoxy) is 1. The normalized spacial score (nSPS) is 17.1. The number of para-hydroxylation sites is 1. The van der Waals surface area contributed by atoms with Gasteiger partial charge in [-0.1, -0.05) is 12.1 Å². The van der Waals surface area contributed by atoms with Gasteiger partial charge in [0.2, 0.25) is 0 Å². The van der Waals surface area contributed by atoms with Crippen LogP contribution in [0.25, 0.3) is 0 Å². The lowest BCUT2D eigenvalue weighted by atomic mass is 10.2. The third-order valence-corrected chi connectivity index (χ3v) is 4.05. The van der Waals surface area contributed by atoms with E-state index in [1.54, 1.807) is 12.1 Å². The van der Waals surface area contributed by atoms with Gasteiger partial charge in [-0.3, -0.25) is 4.99 Å². The number of aliphatic imine (C=N–C) groups is 1. The van der Waals surface area contributed by atoms with Gasteiger partial charge in [0.15, 0.2) is 5.96 Å². The predicted molar refractivity (Wildman–Crippen MR) is 113 cm³/mol. The third kappa shape index (κ3) is 7.77. The number of guanidine groups is 1. The van der Waals surface area contributed by atoms with Gasteiger partial charge in [0.1, 0.15) is 5.82 Å². The number of halogens is 2. The van der Waals surface area contributed by atoms with Gasteiger partial charge >= 0.3 is 0 Å². The second-order valence-electron chi connectivity index (χ2n) is 6.01. The minimum atomic E-state index is -0.181. The molecule has 0 spiro atoms. The Hall–Kier alpha value is -1.09. The van der Waals surface area contributed by atoms with Gasteiger partial charge in [0.25, 0.3) is 0 Å². The number of rotatable bonds is 8. The Morgan fingerprint density at radius 2 is 2.16 bits per heavy atom. The Kier molecular flexibility index (Phi) is 10.8. The molecule has 1 aliphatic rings. The van der Waals surface area contributed by atoms with Crippen molar-refractivity contribution in [1.29, 1.82) is 0 Å². The van der Waals surface area contributed by atoms with Crippen LogP contribution in [0.15, 0.2) is 29.3 Å². The van der Waals surface area contributed by atoms with E-state index in [9.17, 15) is 4.39 Å². The van der Waals surface area contributed by atoms with Crippen molar-refractivity contribution in [2.45, 2.75) is 32.3 Å². The SMILES string of the molecule is CCNC(=NCC1CCCO1)NCCCN(C)c1ccccc1F.I. The number of hydrogen-bond acceptors (Lipinski definition) is 3. The molecule has 1 heterocycles. The average molecular weight is 464 g/mol. The molecule has 0 aromatic heterocycles. The van der Waals surface area contributed by atoms with E-state index in [1.165, 1.54) is 6.07 Å². The molecule has 25 heavy (non-hydrogen) atoms. The summed E-state index contributed by atoms with van der Waals surface area (Å²) in [4.78, 5) is 6.52. The lowest BCUT2D eigenvalue weighted by Gasteiger charge is -2.20. The zero-order chi connectivity index (χ0) is 17.2. The zero-order valence-corrected chi connectivity index (χ0v) is 17.5. The molecule has 1 unspecified atom stereocenters. The van der Waals surface area contributed by atoms with Crippen LogP contribution in [0.5, 0.6) is 0 Å². The smallest absolute Gasteiger partial charge is 0.191 e. The Labute approximate surface area is 167 Å². The van der Waals surface area contributed by atoms with Crippen molar-refractivity contribution in [1.82, 2.24) is 10.6 Å². The summed E-state index contributed by atoms with van der Waals surface area (Å²) in [5, 5.41) is 6.57. The van der Waals surface area contributed by atoms with Crippen molar-refractivity contribution in [3.05, 3.63) is 30.1 Å². The Morgan fingerprint density at radius 3 is 2.84 bits per heavy atom. The first-order valence-electron chi connectivity index (χ1n) is 8.80. The van der Waals surface area contributed by atoms with E-state index in [0.717, 1.165) is 51.5 Å². The molecule has 7 heteroatoms. The van der Waals surface area contributed by atoms with Crippen LogP contribution in [0.1, 0.15) is 26.2 Å². The van der Waals surface area contributed by atoms with E-state index in [4.69, 9.17) is 4.74 Å². The van der Waals surface area contributed by atoms with Crippen LogP contribution < -0.4 is 15.5 Å². The lowest BCUT2D eigenvalue weighted by molar-refractivity contribution is 0.117. The number of hydrogen-bond donors (Lipinski definition) is 2. The summed E-state index contributed by atoms with van der Waals surface area (Å²) in [6, 6.07) is 6.86. The Balaban J connectivity index is 0.00000312. The summed E-state index contributed by atoms with van der Waals surface area (Å²) in [7, 11) is 1.91. The van der Waals surface area contributed by atoms with Gasteiger partial charge in [0, 0.05) is 33.3 Å². The van der Waals surface area contributed by atoms with Gasteiger partial charge in [-0.25, -0.2) is 4.39 Å². The molecule has 1 aromatic rings. The highest BCUT2D eigenvalue weighted by molar-refractivity contribution is 14.0. The van der Waals surface area contributed by atoms with E-state index >= 15 is 0 Å². The molecule has 0 radical (unpaired) electrons. The Bertz CT molecular complexity index is 524. The quantitative estimate of drug-likeness (QED) is 0.269. The fourth-order valence-corrected chi connectivity index (χ4v) is 2.73. The number of nitrogens with zero attached hydrogens (tertiary/aromatic N) is 2. The van der Waals surface area contributed by atoms with Crippen molar-refractivity contribution in [2.24, 2.45) is 4.99 Å². The van der Waals surface area contributed by atoms with E-state index < -0.39 is 0 Å². The van der Waals surface area contributed by atoms with Crippen LogP contribution in [0.3, 0.4) is 0 Å². The minimum Gasteiger partial charge on any atom is -0.376 e. The van der Waals surface area contributed by atoms with Crippen molar-refractivity contribution in [2.75, 3.05) is 44.7 Å². The first kappa shape index (κ1) is 22.0. The molecule has 0 aliphatic carbocycles. The molecular weight excluding hydrogens is 434 g/mol. The standard InChI is InChI=1S/C18H29FN4O.HI/c1-3-20-18(22-14-15-8-6-13-24-15)21-11-7-12-23(2)17-10-5-4-9-16(17)19;/h4-5,9-10,15H,3,6-8,11-14H2,1-2H3,(H2,20,21,22);1H. The van der Waals surface area contributed by atoms with Crippen LogP contribution in [0.2, 0.25) is 0 Å². The maximum absolute atomic E-state index is 13.7. The largest absolute Gasteiger partial charge is 0.376 e. The lowest BCUT2D eigenvalue weighted by Crippen LogP contribution is -2.39. The fourth-order valence-electron chi connectivity index (χ4n) is 2.73. The second kappa shape index (κ2) is 12.3. The third-order valence-electron chi connectivity index (χ3n) is 4.05. The number of anilines is 1. The van der Waals surface area contributed by atoms with Gasteiger partial charge in [-0.2, -0.15) is 0 Å². The molecule has 0 amide bonds. The van der Waals surface area contributed by atoms with Crippen molar-refractivity contribution in [3.8, 4) is 0 Å². The molecule has 0 bridgehead atoms. The summed E-state index contributed by atoms with van der Waals surface area (Å²) >= 11 is 0. The highest BCUT2D eigenvalue weighted by atomic mass is 127. The number of nitrogens with one attached hydrogen (secondary N) is 2. The summed E-state index contributed by atoms with van der Waals surface area (Å²) in [6.07, 6.45) is 3.38. The van der Waals surface area contributed by atoms with E-state index in [1.807, 2.05) is 18.0 Å². The summed E-state index contributed by atoms with van der Waals surface area (Å²) in [6.45, 7) is 5.99. The van der Waals surface area contributed by atoms with Crippen molar-refractivity contribution >= 4 is 35.6 Å². The fraction of sp³-hybridized carbons (Fsp3) is 0.611. The first-order chi connectivity index (χ1) is 11.7. The maximum Gasteiger partial charge on any atom is 0.191 e. The maximum atomic E-state index is 13.7. The van der Waals surface area contributed by atoms with Gasteiger partial charge < -0.3 is 20.3 Å². The molecule has 1 aliphatic heterocycles.